The number of aldehydes is 1. The summed E-state index contributed by atoms with van der Waals surface area (Å²) in [6.07, 6.45) is 0.697. The van der Waals surface area contributed by atoms with E-state index in [0.717, 1.165) is 0 Å². The van der Waals surface area contributed by atoms with E-state index in [2.05, 4.69) is 0 Å². The van der Waals surface area contributed by atoms with Crippen LogP contribution < -0.4 is 5.46 Å². The average molecular weight is 332 g/mol. The molecular formula is C18H25BO5. The van der Waals surface area contributed by atoms with Crippen molar-refractivity contribution in [1.29, 1.82) is 0 Å². The molecule has 2 rings (SSSR count). The van der Waals surface area contributed by atoms with Gasteiger partial charge in [-0.2, -0.15) is 0 Å². The fourth-order valence-corrected chi connectivity index (χ4v) is 2.31. The molecule has 0 bridgehead atoms. The van der Waals surface area contributed by atoms with Gasteiger partial charge in [-0.15, -0.1) is 0 Å². The third-order valence-corrected chi connectivity index (χ3v) is 4.27. The summed E-state index contributed by atoms with van der Waals surface area (Å²) >= 11 is 0. The van der Waals surface area contributed by atoms with Gasteiger partial charge in [0.25, 0.3) is 0 Å². The molecule has 1 heterocycles. The second-order valence-electron chi connectivity index (χ2n) is 8.10. The summed E-state index contributed by atoms with van der Waals surface area (Å²) in [6.45, 7) is 13.2. The van der Waals surface area contributed by atoms with Crippen molar-refractivity contribution in [1.82, 2.24) is 0 Å². The van der Waals surface area contributed by atoms with Gasteiger partial charge in [0.2, 0.25) is 0 Å². The van der Waals surface area contributed by atoms with E-state index < -0.39 is 29.9 Å². The Morgan fingerprint density at radius 3 is 2.08 bits per heavy atom. The minimum Gasteiger partial charge on any atom is -0.456 e. The van der Waals surface area contributed by atoms with Crippen molar-refractivity contribution >= 4 is 24.8 Å². The lowest BCUT2D eigenvalue weighted by Crippen LogP contribution is -2.41. The molecule has 0 atom stereocenters. The van der Waals surface area contributed by atoms with Gasteiger partial charge in [-0.3, -0.25) is 4.79 Å². The van der Waals surface area contributed by atoms with Crippen LogP contribution in [0.1, 0.15) is 69.2 Å². The van der Waals surface area contributed by atoms with Crippen LogP contribution in [-0.4, -0.2) is 36.2 Å². The Labute approximate surface area is 143 Å². The number of rotatable bonds is 3. The number of benzene rings is 1. The molecule has 1 saturated heterocycles. The van der Waals surface area contributed by atoms with Crippen molar-refractivity contribution in [3.8, 4) is 0 Å². The summed E-state index contributed by atoms with van der Waals surface area (Å²) in [5, 5.41) is 0. The van der Waals surface area contributed by atoms with Gasteiger partial charge in [-0.05, 0) is 66.1 Å². The molecule has 0 amide bonds. The Morgan fingerprint density at radius 1 is 1.08 bits per heavy atom. The maximum Gasteiger partial charge on any atom is 0.494 e. The zero-order valence-electron chi connectivity index (χ0n) is 15.4. The van der Waals surface area contributed by atoms with Gasteiger partial charge >= 0.3 is 13.1 Å². The van der Waals surface area contributed by atoms with Gasteiger partial charge in [0.15, 0.2) is 0 Å². The molecule has 0 aromatic heterocycles. The van der Waals surface area contributed by atoms with Crippen LogP contribution in [0, 0.1) is 0 Å². The van der Waals surface area contributed by atoms with E-state index in [0.29, 0.717) is 22.9 Å². The molecule has 1 aliphatic heterocycles. The van der Waals surface area contributed by atoms with Gasteiger partial charge < -0.3 is 14.0 Å². The van der Waals surface area contributed by atoms with E-state index >= 15 is 0 Å². The Morgan fingerprint density at radius 2 is 1.62 bits per heavy atom. The van der Waals surface area contributed by atoms with Crippen LogP contribution in [0.25, 0.3) is 0 Å². The van der Waals surface area contributed by atoms with Crippen molar-refractivity contribution in [2.45, 2.75) is 65.3 Å². The highest BCUT2D eigenvalue weighted by Crippen LogP contribution is 2.36. The molecule has 24 heavy (non-hydrogen) atoms. The standard InChI is InChI=1S/C18H25BO5/c1-16(2,3)22-15(21)13-8-12(11-20)9-14(10-13)19-23-17(4,5)18(6,7)24-19/h8-11H,1-7H3. The van der Waals surface area contributed by atoms with Crippen LogP contribution in [0.5, 0.6) is 0 Å². The van der Waals surface area contributed by atoms with E-state index in [4.69, 9.17) is 14.0 Å². The number of esters is 1. The molecule has 0 unspecified atom stereocenters. The number of hydrogen-bond acceptors (Lipinski definition) is 5. The normalized spacial score (nSPS) is 19.2. The molecule has 0 saturated carbocycles. The minimum absolute atomic E-state index is 0.305. The summed E-state index contributed by atoms with van der Waals surface area (Å²) in [5.41, 5.74) is -0.304. The zero-order chi connectivity index (χ0) is 18.3. The summed E-state index contributed by atoms with van der Waals surface area (Å²) in [7, 11) is -0.643. The lowest BCUT2D eigenvalue weighted by molar-refractivity contribution is 0.00578. The lowest BCUT2D eigenvalue weighted by Gasteiger charge is -2.32. The van der Waals surface area contributed by atoms with Gasteiger partial charge in [0, 0.05) is 5.56 Å². The zero-order valence-corrected chi connectivity index (χ0v) is 15.4. The Hall–Kier alpha value is -1.66. The second-order valence-corrected chi connectivity index (χ2v) is 8.10. The highest BCUT2D eigenvalue weighted by atomic mass is 16.7. The quantitative estimate of drug-likeness (QED) is 0.484. The molecule has 0 radical (unpaired) electrons. The maximum absolute atomic E-state index is 12.3. The Kier molecular flexibility index (Phi) is 4.68. The summed E-state index contributed by atoms with van der Waals surface area (Å²) in [5.74, 6) is -0.482. The van der Waals surface area contributed by atoms with Crippen molar-refractivity contribution in [2.24, 2.45) is 0 Å². The van der Waals surface area contributed by atoms with Crippen LogP contribution in [0.15, 0.2) is 18.2 Å². The van der Waals surface area contributed by atoms with E-state index in [1.54, 1.807) is 32.9 Å². The van der Waals surface area contributed by atoms with E-state index in [1.165, 1.54) is 6.07 Å². The third-order valence-electron chi connectivity index (χ3n) is 4.27. The fraction of sp³-hybridized carbons (Fsp3) is 0.556. The highest BCUT2D eigenvalue weighted by molar-refractivity contribution is 6.62. The Bertz CT molecular complexity index is 642. The number of carbonyl (C=O) groups is 2. The van der Waals surface area contributed by atoms with Crippen molar-refractivity contribution in [3.63, 3.8) is 0 Å². The maximum atomic E-state index is 12.3. The summed E-state index contributed by atoms with van der Waals surface area (Å²) < 4.78 is 17.4. The lowest BCUT2D eigenvalue weighted by atomic mass is 9.77. The van der Waals surface area contributed by atoms with Crippen molar-refractivity contribution < 1.29 is 23.6 Å². The van der Waals surface area contributed by atoms with Gasteiger partial charge in [0.05, 0.1) is 16.8 Å². The fourth-order valence-electron chi connectivity index (χ4n) is 2.31. The highest BCUT2D eigenvalue weighted by Gasteiger charge is 2.51. The van der Waals surface area contributed by atoms with Gasteiger partial charge in [0.1, 0.15) is 11.9 Å². The van der Waals surface area contributed by atoms with Crippen LogP contribution in [-0.2, 0) is 14.0 Å². The van der Waals surface area contributed by atoms with Crippen molar-refractivity contribution in [2.75, 3.05) is 0 Å². The molecule has 6 heteroatoms. The van der Waals surface area contributed by atoms with Gasteiger partial charge in [-0.25, -0.2) is 4.79 Å². The first-order chi connectivity index (χ1) is 10.8. The van der Waals surface area contributed by atoms with E-state index in [9.17, 15) is 9.59 Å². The molecule has 1 aliphatic rings. The molecule has 0 spiro atoms. The molecular weight excluding hydrogens is 307 g/mol. The van der Waals surface area contributed by atoms with Crippen molar-refractivity contribution in [3.05, 3.63) is 29.3 Å². The first-order valence-corrected chi connectivity index (χ1v) is 8.04. The molecule has 130 valence electrons. The molecule has 5 nitrogen and oxygen atoms in total. The monoisotopic (exact) mass is 332 g/mol. The number of carbonyl (C=O) groups excluding carboxylic acids is 2. The smallest absolute Gasteiger partial charge is 0.456 e. The minimum atomic E-state index is -0.643. The first kappa shape index (κ1) is 18.7. The summed E-state index contributed by atoms with van der Waals surface area (Å²) in [4.78, 5) is 23.6. The molecule has 1 aromatic carbocycles. The topological polar surface area (TPSA) is 61.8 Å². The predicted octanol–water partition coefficient (Wildman–Crippen LogP) is 2.75. The van der Waals surface area contributed by atoms with E-state index in [-0.39, 0.29) is 0 Å². The predicted molar refractivity (Wildman–Crippen MR) is 92.7 cm³/mol. The van der Waals surface area contributed by atoms with Gasteiger partial charge in [-0.1, -0.05) is 6.07 Å². The SMILES string of the molecule is CC(C)(C)OC(=O)c1cc(C=O)cc(B2OC(C)(C)C(C)(C)O2)c1. The van der Waals surface area contributed by atoms with Crippen LogP contribution in [0.2, 0.25) is 0 Å². The number of ether oxygens (including phenoxy) is 1. The number of hydrogen-bond donors (Lipinski definition) is 0. The summed E-state index contributed by atoms with van der Waals surface area (Å²) in [6, 6.07) is 4.84. The van der Waals surface area contributed by atoms with E-state index in [1.807, 2.05) is 27.7 Å². The second kappa shape index (κ2) is 6.01. The Balaban J connectivity index is 2.37. The van der Waals surface area contributed by atoms with Crippen LogP contribution in [0.3, 0.4) is 0 Å². The molecule has 1 aromatic rings. The molecule has 0 aliphatic carbocycles. The van der Waals surface area contributed by atoms with Crippen LogP contribution in [0.4, 0.5) is 0 Å². The third kappa shape index (κ3) is 3.87. The first-order valence-electron chi connectivity index (χ1n) is 8.04. The average Bonchev–Trinajstić information content (AvgIpc) is 2.65. The van der Waals surface area contributed by atoms with Crippen LogP contribution >= 0.6 is 0 Å². The largest absolute Gasteiger partial charge is 0.494 e. The molecule has 1 fully saturated rings. The molecule has 0 N–H and O–H groups in total.